The number of hydrogen-bond donors (Lipinski definition) is 3. The molecule has 0 saturated heterocycles. The van der Waals surface area contributed by atoms with Crippen LogP contribution in [0.1, 0.15) is 79.1 Å². The zero-order valence-electron chi connectivity index (χ0n) is 14.4. The molecule has 2 unspecified atom stereocenters. The smallest absolute Gasteiger partial charge is 0.277 e. The summed E-state index contributed by atoms with van der Waals surface area (Å²) in [6.07, 6.45) is 9.15. The van der Waals surface area contributed by atoms with Crippen LogP contribution in [0.2, 0.25) is 0 Å². The highest BCUT2D eigenvalue weighted by molar-refractivity contribution is 8.27. The van der Waals surface area contributed by atoms with E-state index in [9.17, 15) is 14.7 Å². The Balaban J connectivity index is 4.82. The zero-order valence-corrected chi connectivity index (χ0v) is 16.1. The summed E-state index contributed by atoms with van der Waals surface area (Å²) in [6.45, 7) is 5.01. The largest absolute Gasteiger partial charge is 0.329 e. The molecule has 0 aliphatic heterocycles. The molecule has 2 atom stereocenters. The third kappa shape index (κ3) is 10.1. The molecule has 0 heterocycles. The Morgan fingerprint density at radius 3 is 1.38 bits per heavy atom. The summed E-state index contributed by atoms with van der Waals surface area (Å²) in [5.74, 6) is 2.61. The van der Waals surface area contributed by atoms with Gasteiger partial charge in [-0.1, -0.05) is 66.2 Å². The third-order valence-electron chi connectivity index (χ3n) is 4.29. The minimum atomic E-state index is -3.70. The van der Waals surface area contributed by atoms with Crippen LogP contribution in [-0.2, 0) is 10.1 Å². The van der Waals surface area contributed by atoms with Crippen molar-refractivity contribution < 1.29 is 14.7 Å². The van der Waals surface area contributed by atoms with E-state index < -0.39 is 16.8 Å². The molecule has 130 valence electrons. The fourth-order valence-electron chi connectivity index (χ4n) is 2.61. The van der Waals surface area contributed by atoms with Crippen LogP contribution in [0.5, 0.6) is 0 Å². The monoisotopic (exact) mass is 340 g/mol. The van der Waals surface area contributed by atoms with E-state index >= 15 is 0 Å². The van der Waals surface area contributed by atoms with E-state index in [4.69, 9.17) is 0 Å². The molecular formula is C16H37O3PS. The van der Waals surface area contributed by atoms with Crippen molar-refractivity contribution >= 4 is 16.8 Å². The maximum atomic E-state index is 9.85. The molecule has 0 saturated carbocycles. The highest BCUT2D eigenvalue weighted by Gasteiger charge is 2.20. The van der Waals surface area contributed by atoms with Crippen LogP contribution in [0, 0.1) is 11.8 Å². The normalized spacial score (nSPS) is 16.7. The van der Waals surface area contributed by atoms with Crippen LogP contribution < -0.4 is 0 Å². The lowest BCUT2D eigenvalue weighted by Gasteiger charge is -2.24. The summed E-state index contributed by atoms with van der Waals surface area (Å²) in [5.41, 5.74) is 0. The van der Waals surface area contributed by atoms with E-state index in [1.54, 1.807) is 0 Å². The zero-order chi connectivity index (χ0) is 16.3. The quantitative estimate of drug-likeness (QED) is 0.452. The van der Waals surface area contributed by atoms with Gasteiger partial charge in [0.25, 0.3) is 6.72 Å². The van der Waals surface area contributed by atoms with Gasteiger partial charge in [0.15, 0.2) is 0 Å². The lowest BCUT2D eigenvalue weighted by Crippen LogP contribution is -2.19. The van der Waals surface area contributed by atoms with Crippen molar-refractivity contribution in [3.05, 3.63) is 0 Å². The van der Waals surface area contributed by atoms with Gasteiger partial charge in [0.05, 0.1) is 0 Å². The maximum absolute atomic E-state index is 9.85. The molecule has 0 aromatic heterocycles. The predicted octanol–water partition coefficient (Wildman–Crippen LogP) is 4.69. The topological polar surface area (TPSA) is 60.7 Å². The van der Waals surface area contributed by atoms with Gasteiger partial charge in [0.2, 0.25) is 0 Å². The SMILES string of the molecule is CCCCC(CC)CS(CC(CC)CCCC)=P(O)(O)O. The second kappa shape index (κ2) is 12.1. The molecule has 0 aromatic carbocycles. The molecule has 0 radical (unpaired) electrons. The molecule has 0 fully saturated rings. The molecule has 0 aromatic rings. The third-order valence-corrected chi connectivity index (χ3v) is 9.67. The van der Waals surface area contributed by atoms with Crippen LogP contribution in [-0.4, -0.2) is 26.2 Å². The van der Waals surface area contributed by atoms with Crippen molar-refractivity contribution in [1.82, 2.24) is 0 Å². The standard InChI is InChI=1S/C16H37O3PS/c1-5-9-11-15(7-3)13-21(20(17,18)19)14-16(8-4)12-10-6-2/h15-19H,5-14H2,1-4H3. The first-order valence-electron chi connectivity index (χ1n) is 8.64. The average molecular weight is 341 g/mol. The highest BCUT2D eigenvalue weighted by Crippen LogP contribution is 2.39. The molecule has 0 rings (SSSR count). The van der Waals surface area contributed by atoms with E-state index in [1.807, 2.05) is 0 Å². The van der Waals surface area contributed by atoms with Gasteiger partial charge in [0, 0.05) is 0 Å². The van der Waals surface area contributed by atoms with Crippen molar-refractivity contribution in [2.45, 2.75) is 79.1 Å². The van der Waals surface area contributed by atoms with Gasteiger partial charge in [-0.15, -0.1) is 10.1 Å². The molecule has 0 bridgehead atoms. The van der Waals surface area contributed by atoms with Crippen LogP contribution in [0.15, 0.2) is 0 Å². The van der Waals surface area contributed by atoms with Gasteiger partial charge < -0.3 is 14.7 Å². The van der Waals surface area contributed by atoms with Crippen LogP contribution >= 0.6 is 6.72 Å². The van der Waals surface area contributed by atoms with Crippen molar-refractivity contribution in [2.75, 3.05) is 11.5 Å². The lowest BCUT2D eigenvalue weighted by molar-refractivity contribution is 0.362. The van der Waals surface area contributed by atoms with Crippen LogP contribution in [0.4, 0.5) is 0 Å². The summed E-state index contributed by atoms with van der Waals surface area (Å²) in [4.78, 5) is 29.6. The molecule has 3 N–H and O–H groups in total. The first kappa shape index (κ1) is 21.7. The Morgan fingerprint density at radius 2 is 1.14 bits per heavy atom. The number of hydrogen-bond acceptors (Lipinski definition) is 0. The Labute approximate surface area is 134 Å². The molecule has 3 nitrogen and oxygen atoms in total. The van der Waals surface area contributed by atoms with E-state index in [0.29, 0.717) is 11.8 Å². The fourth-order valence-corrected chi connectivity index (χ4v) is 7.50. The van der Waals surface area contributed by atoms with Crippen molar-refractivity contribution in [3.63, 3.8) is 0 Å². The molecule has 21 heavy (non-hydrogen) atoms. The predicted molar refractivity (Wildman–Crippen MR) is 97.3 cm³/mol. The minimum absolute atomic E-state index is 0.516. The van der Waals surface area contributed by atoms with E-state index in [0.717, 1.165) is 37.2 Å². The molecule has 0 amide bonds. The minimum Gasteiger partial charge on any atom is -0.329 e. The summed E-state index contributed by atoms with van der Waals surface area (Å²) in [6, 6.07) is 0. The Kier molecular flexibility index (Phi) is 12.5. The van der Waals surface area contributed by atoms with Crippen molar-refractivity contribution in [3.8, 4) is 0 Å². The van der Waals surface area contributed by atoms with Crippen molar-refractivity contribution in [2.24, 2.45) is 11.8 Å². The summed E-state index contributed by atoms with van der Waals surface area (Å²) in [7, 11) is -0.631. The summed E-state index contributed by atoms with van der Waals surface area (Å²) in [5, 5.41) is 0. The summed E-state index contributed by atoms with van der Waals surface area (Å²) < 4.78 is 0. The van der Waals surface area contributed by atoms with Gasteiger partial charge in [-0.2, -0.15) is 0 Å². The van der Waals surface area contributed by atoms with Gasteiger partial charge >= 0.3 is 0 Å². The number of unbranched alkanes of at least 4 members (excludes halogenated alkanes) is 2. The summed E-state index contributed by atoms with van der Waals surface area (Å²) >= 11 is 0. The van der Waals surface area contributed by atoms with Gasteiger partial charge in [0.1, 0.15) is 0 Å². The van der Waals surface area contributed by atoms with E-state index in [1.165, 1.54) is 25.7 Å². The molecule has 5 heteroatoms. The highest BCUT2D eigenvalue weighted by atomic mass is 32.5. The first-order valence-corrected chi connectivity index (χ1v) is 12.5. The molecule has 0 spiro atoms. The van der Waals surface area contributed by atoms with E-state index in [-0.39, 0.29) is 0 Å². The fraction of sp³-hybridized carbons (Fsp3) is 1.00. The van der Waals surface area contributed by atoms with Gasteiger partial charge in [-0.25, -0.2) is 0 Å². The van der Waals surface area contributed by atoms with E-state index in [2.05, 4.69) is 27.7 Å². The van der Waals surface area contributed by atoms with Gasteiger partial charge in [-0.3, -0.25) is 0 Å². The van der Waals surface area contributed by atoms with Gasteiger partial charge in [-0.05, 0) is 36.2 Å². The second-order valence-electron chi connectivity index (χ2n) is 6.14. The Hall–Kier alpha value is 0.660. The van der Waals surface area contributed by atoms with Crippen LogP contribution in [0.3, 0.4) is 0 Å². The van der Waals surface area contributed by atoms with Crippen molar-refractivity contribution in [1.29, 1.82) is 0 Å². The lowest BCUT2D eigenvalue weighted by atomic mass is 10.0. The maximum Gasteiger partial charge on any atom is 0.277 e. The first-order chi connectivity index (χ1) is 9.88. The Bertz CT molecular complexity index is 286. The Morgan fingerprint density at radius 1 is 0.762 bits per heavy atom. The van der Waals surface area contributed by atoms with Crippen LogP contribution in [0.25, 0.3) is 0 Å². The molecule has 0 aliphatic rings. The second-order valence-corrected chi connectivity index (χ2v) is 11.8. The molecular weight excluding hydrogens is 303 g/mol. The molecule has 0 aliphatic carbocycles. The number of rotatable bonds is 12. The average Bonchev–Trinajstić information content (AvgIpc) is 2.44.